The summed E-state index contributed by atoms with van der Waals surface area (Å²) in [5.74, 6) is -0.840. The molecule has 2 aliphatic heterocycles. The summed E-state index contributed by atoms with van der Waals surface area (Å²) in [5.41, 5.74) is 10.0. The molecule has 5 heterocycles. The number of hydrogen-bond acceptors (Lipinski definition) is 3. The SMILES string of the molecule is O=C(O)Cc1ccc(C2=Cc3cc4ccc(cc5nc(cc6ccc(cc2n3)[nH]6)C=C5)[nH]4)cc1. The first-order chi connectivity index (χ1) is 16.6. The molecule has 3 aromatic heterocycles. The molecule has 2 aliphatic rings. The Balaban J connectivity index is 1.54. The van der Waals surface area contributed by atoms with Crippen molar-refractivity contribution in [2.75, 3.05) is 0 Å². The monoisotopic (exact) mass is 444 g/mol. The van der Waals surface area contributed by atoms with Crippen molar-refractivity contribution >= 4 is 51.8 Å². The zero-order chi connectivity index (χ0) is 23.1. The van der Waals surface area contributed by atoms with Crippen molar-refractivity contribution < 1.29 is 9.90 Å². The fraction of sp³-hybridized carbons (Fsp3) is 0.0357. The predicted octanol–water partition coefficient (Wildman–Crippen LogP) is 5.70. The summed E-state index contributed by atoms with van der Waals surface area (Å²) in [5, 5.41) is 9.06. The van der Waals surface area contributed by atoms with E-state index in [1.165, 1.54) is 0 Å². The van der Waals surface area contributed by atoms with Crippen LogP contribution in [0.25, 0.3) is 45.9 Å². The van der Waals surface area contributed by atoms with Gasteiger partial charge >= 0.3 is 5.97 Å². The molecule has 1 aromatic carbocycles. The van der Waals surface area contributed by atoms with Gasteiger partial charge in [-0.25, -0.2) is 9.97 Å². The molecule has 8 bridgehead atoms. The number of carboxylic acids is 1. The van der Waals surface area contributed by atoms with Crippen molar-refractivity contribution in [2.24, 2.45) is 0 Å². The van der Waals surface area contributed by atoms with Crippen molar-refractivity contribution in [3.8, 4) is 0 Å². The van der Waals surface area contributed by atoms with Gasteiger partial charge in [0.25, 0.3) is 0 Å². The van der Waals surface area contributed by atoms with E-state index in [1.54, 1.807) is 0 Å². The Bertz CT molecular complexity index is 1650. The summed E-state index contributed by atoms with van der Waals surface area (Å²) in [7, 11) is 0. The van der Waals surface area contributed by atoms with E-state index in [0.29, 0.717) is 0 Å². The Hall–Kier alpha value is -4.71. The van der Waals surface area contributed by atoms with Gasteiger partial charge in [0.05, 0.1) is 29.2 Å². The molecule has 0 aliphatic carbocycles. The van der Waals surface area contributed by atoms with Crippen LogP contribution in [0.2, 0.25) is 0 Å². The van der Waals surface area contributed by atoms with E-state index in [9.17, 15) is 4.79 Å². The van der Waals surface area contributed by atoms with Gasteiger partial charge < -0.3 is 15.1 Å². The van der Waals surface area contributed by atoms with Crippen LogP contribution in [0.4, 0.5) is 0 Å². The second kappa shape index (κ2) is 8.01. The van der Waals surface area contributed by atoms with Crippen molar-refractivity contribution in [1.29, 1.82) is 0 Å². The number of carboxylic acid groups (broad SMARTS) is 1. The standard InChI is InChI=1S/C28H20N4O2/c33-28(34)11-17-1-3-18(4-2-17)26-15-25-14-23-8-7-21(30-23)12-19-5-6-20(29-19)13-22-9-10-24(31-22)16-27(26)32-25/h1-10,12-16,30-31H,11H2,(H,33,34). The molecular weight excluding hydrogens is 424 g/mol. The van der Waals surface area contributed by atoms with E-state index in [2.05, 4.69) is 21.0 Å². The minimum Gasteiger partial charge on any atom is -0.481 e. The van der Waals surface area contributed by atoms with Gasteiger partial charge in [-0.15, -0.1) is 0 Å². The highest BCUT2D eigenvalue weighted by atomic mass is 16.4. The number of fused-ring (bicyclic) bond motifs is 8. The van der Waals surface area contributed by atoms with E-state index in [0.717, 1.165) is 61.5 Å². The van der Waals surface area contributed by atoms with Gasteiger partial charge in [0.2, 0.25) is 0 Å². The molecule has 0 saturated carbocycles. The molecule has 0 unspecified atom stereocenters. The van der Waals surface area contributed by atoms with Crippen molar-refractivity contribution in [3.05, 3.63) is 107 Å². The maximum atomic E-state index is 11.0. The number of rotatable bonds is 3. The van der Waals surface area contributed by atoms with Crippen molar-refractivity contribution in [3.63, 3.8) is 0 Å². The molecule has 3 N–H and O–H groups in total. The minimum atomic E-state index is -0.840. The number of hydrogen-bond donors (Lipinski definition) is 3. The lowest BCUT2D eigenvalue weighted by Crippen LogP contribution is -1.99. The third-order valence-electron chi connectivity index (χ3n) is 5.79. The summed E-state index contributed by atoms with van der Waals surface area (Å²) in [6.45, 7) is 0. The Morgan fingerprint density at radius 3 is 1.85 bits per heavy atom. The molecule has 0 radical (unpaired) electrons. The fourth-order valence-corrected chi connectivity index (χ4v) is 4.22. The molecule has 34 heavy (non-hydrogen) atoms. The average Bonchev–Trinajstić information content (AvgIpc) is 3.59. The van der Waals surface area contributed by atoms with Crippen LogP contribution < -0.4 is 0 Å². The number of aliphatic carboxylic acids is 1. The zero-order valence-electron chi connectivity index (χ0n) is 18.1. The molecule has 0 saturated heterocycles. The maximum absolute atomic E-state index is 11.0. The van der Waals surface area contributed by atoms with E-state index in [-0.39, 0.29) is 6.42 Å². The van der Waals surface area contributed by atoms with Gasteiger partial charge in [0.1, 0.15) is 0 Å². The largest absolute Gasteiger partial charge is 0.481 e. The van der Waals surface area contributed by atoms with Crippen molar-refractivity contribution in [1.82, 2.24) is 19.9 Å². The first-order valence-corrected chi connectivity index (χ1v) is 11.0. The van der Waals surface area contributed by atoms with E-state index in [1.807, 2.05) is 84.9 Å². The van der Waals surface area contributed by atoms with Crippen LogP contribution in [0.5, 0.6) is 0 Å². The lowest BCUT2D eigenvalue weighted by atomic mass is 10.0. The number of carbonyl (C=O) groups is 1. The van der Waals surface area contributed by atoms with Gasteiger partial charge in [0.15, 0.2) is 0 Å². The third kappa shape index (κ3) is 4.04. The summed E-state index contributed by atoms with van der Waals surface area (Å²) in [6, 6.07) is 23.8. The highest BCUT2D eigenvalue weighted by molar-refractivity contribution is 5.93. The summed E-state index contributed by atoms with van der Waals surface area (Å²) < 4.78 is 0. The Morgan fingerprint density at radius 1 is 0.706 bits per heavy atom. The molecule has 6 nitrogen and oxygen atoms in total. The van der Waals surface area contributed by atoms with Crippen LogP contribution in [-0.2, 0) is 11.2 Å². The normalized spacial score (nSPS) is 12.5. The second-order valence-corrected chi connectivity index (χ2v) is 8.36. The highest BCUT2D eigenvalue weighted by Gasteiger charge is 2.13. The third-order valence-corrected chi connectivity index (χ3v) is 5.79. The smallest absolute Gasteiger partial charge is 0.307 e. The lowest BCUT2D eigenvalue weighted by molar-refractivity contribution is -0.136. The summed E-state index contributed by atoms with van der Waals surface area (Å²) >= 11 is 0. The van der Waals surface area contributed by atoms with Gasteiger partial charge in [-0.2, -0.15) is 0 Å². The average molecular weight is 444 g/mol. The number of nitrogens with one attached hydrogen (secondary N) is 2. The number of benzene rings is 1. The van der Waals surface area contributed by atoms with Gasteiger partial charge in [-0.1, -0.05) is 24.3 Å². The molecular formula is C28H20N4O2. The summed E-state index contributed by atoms with van der Waals surface area (Å²) in [6.07, 6.45) is 6.07. The number of aromatic nitrogens is 4. The number of nitrogens with zero attached hydrogens (tertiary/aromatic N) is 2. The zero-order valence-corrected chi connectivity index (χ0v) is 18.1. The van der Waals surface area contributed by atoms with E-state index in [4.69, 9.17) is 10.1 Å². The molecule has 6 rings (SSSR count). The van der Waals surface area contributed by atoms with Gasteiger partial charge in [0, 0.05) is 27.6 Å². The molecule has 0 fully saturated rings. The van der Waals surface area contributed by atoms with Crippen LogP contribution in [0.3, 0.4) is 0 Å². The Morgan fingerprint density at radius 2 is 1.26 bits per heavy atom. The van der Waals surface area contributed by atoms with Gasteiger partial charge in [-0.3, -0.25) is 4.79 Å². The molecule has 0 atom stereocenters. The number of H-pyrrole nitrogens is 2. The first-order valence-electron chi connectivity index (χ1n) is 11.0. The topological polar surface area (TPSA) is 94.7 Å². The van der Waals surface area contributed by atoms with Crippen LogP contribution in [-0.4, -0.2) is 31.0 Å². The van der Waals surface area contributed by atoms with Crippen molar-refractivity contribution in [2.45, 2.75) is 6.42 Å². The van der Waals surface area contributed by atoms with Crippen LogP contribution >= 0.6 is 0 Å². The van der Waals surface area contributed by atoms with Crippen LogP contribution in [0.1, 0.15) is 33.9 Å². The molecule has 0 spiro atoms. The van der Waals surface area contributed by atoms with Gasteiger partial charge in [-0.05, 0) is 77.9 Å². The molecule has 164 valence electrons. The quantitative estimate of drug-likeness (QED) is 0.326. The maximum Gasteiger partial charge on any atom is 0.307 e. The van der Waals surface area contributed by atoms with E-state index < -0.39 is 5.97 Å². The Kier molecular flexibility index (Phi) is 4.70. The number of aromatic amines is 2. The second-order valence-electron chi connectivity index (χ2n) is 8.36. The van der Waals surface area contributed by atoms with Crippen LogP contribution in [0.15, 0.2) is 72.8 Å². The first kappa shape index (κ1) is 19.9. The Labute approximate surface area is 195 Å². The van der Waals surface area contributed by atoms with Crippen LogP contribution in [0, 0.1) is 0 Å². The predicted molar refractivity (Wildman–Crippen MR) is 135 cm³/mol. The summed E-state index contributed by atoms with van der Waals surface area (Å²) in [4.78, 5) is 27.4. The minimum absolute atomic E-state index is 0.00506. The van der Waals surface area contributed by atoms with E-state index >= 15 is 0 Å². The highest BCUT2D eigenvalue weighted by Crippen LogP contribution is 2.29. The molecule has 6 heteroatoms. The molecule has 4 aromatic rings. The molecule has 0 amide bonds. The fourth-order valence-electron chi connectivity index (χ4n) is 4.22. The lowest BCUT2D eigenvalue weighted by Gasteiger charge is -2.04.